The molecule has 5 nitrogen and oxygen atoms in total. The molecule has 0 unspecified atom stereocenters. The Hall–Kier alpha value is 1.26. The molecule has 40 valence electrons. The minimum absolute atomic E-state index is 0. The molecule has 0 fully saturated rings. The van der Waals surface area contributed by atoms with Gasteiger partial charge in [0.2, 0.25) is 0 Å². The average molecular weight is 265 g/mol. The molecular formula is H2CrO5Zn2+2. The largest absolute Gasteiger partial charge is 2.00 e. The van der Waals surface area contributed by atoms with E-state index < -0.39 is 13.6 Å². The normalized spacial score (nSPS) is 7.25. The monoisotopic (exact) mass is 262 g/mol. The molecule has 0 heterocycles. The van der Waals surface area contributed by atoms with E-state index in [1.54, 1.807) is 0 Å². The van der Waals surface area contributed by atoms with E-state index in [4.69, 9.17) is 15.9 Å². The van der Waals surface area contributed by atoms with Crippen molar-refractivity contribution >= 4 is 0 Å². The molecule has 0 aliphatic carbocycles. The smallest absolute Gasteiger partial charge is 2.00 e. The fourth-order valence-electron chi connectivity index (χ4n) is 0. The predicted octanol–water partition coefficient (Wildman–Crippen LogP) is -3.45. The molecule has 2 N–H and O–H groups in total. The van der Waals surface area contributed by atoms with Gasteiger partial charge >= 0.3 is 68.5 Å². The van der Waals surface area contributed by atoms with Crippen LogP contribution in [0.25, 0.3) is 0 Å². The predicted molar refractivity (Wildman–Crippen MR) is 4.99 cm³/mol. The fourth-order valence-corrected chi connectivity index (χ4v) is 0. The Labute approximate surface area is 73.7 Å². The summed E-state index contributed by atoms with van der Waals surface area (Å²) in [7, 11) is 0. The molecule has 0 aromatic carbocycles. The van der Waals surface area contributed by atoms with Gasteiger partial charge in [0, 0.05) is 0 Å². The molecular weight excluding hydrogens is 263 g/mol. The van der Waals surface area contributed by atoms with Crippen LogP contribution < -0.4 is 8.32 Å². The van der Waals surface area contributed by atoms with Crippen molar-refractivity contribution in [1.82, 2.24) is 0 Å². The molecule has 0 aliphatic rings. The van der Waals surface area contributed by atoms with Crippen molar-refractivity contribution in [1.29, 1.82) is 0 Å². The Morgan fingerprint density at radius 3 is 1.00 bits per heavy atom. The second-order valence-corrected chi connectivity index (χ2v) is 1.68. The van der Waals surface area contributed by atoms with Gasteiger partial charge in [0.05, 0.1) is 0 Å². The van der Waals surface area contributed by atoms with Crippen LogP contribution in [0.3, 0.4) is 0 Å². The first kappa shape index (κ1) is 22.8. The van der Waals surface area contributed by atoms with E-state index in [1.165, 1.54) is 0 Å². The van der Waals surface area contributed by atoms with Gasteiger partial charge in [0.1, 0.15) is 0 Å². The molecule has 0 saturated carbocycles. The summed E-state index contributed by atoms with van der Waals surface area (Å²) in [4.78, 5) is 0. The first-order chi connectivity index (χ1) is 2.00. The maximum atomic E-state index is 8.59. The third-order valence-electron chi connectivity index (χ3n) is 0. The summed E-state index contributed by atoms with van der Waals surface area (Å²) >= 11 is -5.75. The van der Waals surface area contributed by atoms with E-state index in [9.17, 15) is 0 Å². The van der Waals surface area contributed by atoms with Gasteiger partial charge in [-0.05, 0) is 0 Å². The number of hydrogen-bond donors (Lipinski definition) is 0. The van der Waals surface area contributed by atoms with Crippen molar-refractivity contribution in [3.63, 3.8) is 0 Å². The van der Waals surface area contributed by atoms with E-state index in [0.29, 0.717) is 0 Å². The Kier molecular flexibility index (Phi) is 23.6. The SMILES string of the molecule is O.[O]=[Cr](=[O])([O-])[O-].[Zn+2].[Zn+2]. The zero-order chi connectivity index (χ0) is 4.50. The van der Waals surface area contributed by atoms with Crippen molar-refractivity contribution in [2.45, 2.75) is 0 Å². The van der Waals surface area contributed by atoms with Gasteiger partial charge in [0.25, 0.3) is 0 Å². The van der Waals surface area contributed by atoms with E-state index in [2.05, 4.69) is 0 Å². The second kappa shape index (κ2) is 8.26. The van der Waals surface area contributed by atoms with Gasteiger partial charge in [-0.25, -0.2) is 0 Å². The molecule has 0 aromatic heterocycles. The number of rotatable bonds is 0. The molecule has 8 heavy (non-hydrogen) atoms. The molecule has 0 bridgehead atoms. The molecule has 8 heteroatoms. The third-order valence-corrected chi connectivity index (χ3v) is 0. The summed E-state index contributed by atoms with van der Waals surface area (Å²) in [5.74, 6) is 0. The average Bonchev–Trinajstić information content (AvgIpc) is 0.722. The summed E-state index contributed by atoms with van der Waals surface area (Å²) < 4.78 is 34.4. The van der Waals surface area contributed by atoms with Crippen molar-refractivity contribution < 1.29 is 74.0 Å². The van der Waals surface area contributed by atoms with Gasteiger partial charge in [-0.2, -0.15) is 0 Å². The van der Waals surface area contributed by atoms with Gasteiger partial charge in [-0.3, -0.25) is 0 Å². The quantitative estimate of drug-likeness (QED) is 0.424. The maximum Gasteiger partial charge on any atom is 2.00 e. The van der Waals surface area contributed by atoms with E-state index in [-0.39, 0.29) is 44.4 Å². The summed E-state index contributed by atoms with van der Waals surface area (Å²) in [5.41, 5.74) is 0. The van der Waals surface area contributed by atoms with Crippen LogP contribution in [0.1, 0.15) is 0 Å². The second-order valence-electron chi connectivity index (χ2n) is 0.408. The number of hydrogen-bond acceptors (Lipinski definition) is 4. The van der Waals surface area contributed by atoms with Gasteiger partial charge in [-0.15, -0.1) is 0 Å². The zero-order valence-electron chi connectivity index (χ0n) is 3.96. The van der Waals surface area contributed by atoms with Crippen LogP contribution in [0.4, 0.5) is 0 Å². The van der Waals surface area contributed by atoms with E-state index in [1.807, 2.05) is 0 Å². The summed E-state index contributed by atoms with van der Waals surface area (Å²) in [5, 5.41) is 0. The Morgan fingerprint density at radius 2 is 1.00 bits per heavy atom. The molecule has 0 amide bonds. The van der Waals surface area contributed by atoms with Crippen LogP contribution in [0.2, 0.25) is 0 Å². The molecule has 0 aliphatic heterocycles. The standard InChI is InChI=1S/Cr.H2O.4O.2Zn/h;1H2;;;;;;/q;;;;2*-1;2*+2. The van der Waals surface area contributed by atoms with Crippen LogP contribution in [0.15, 0.2) is 0 Å². The zero-order valence-corrected chi connectivity index (χ0v) is 11.2. The Morgan fingerprint density at radius 1 is 1.00 bits per heavy atom. The topological polar surface area (TPSA) is 112 Å². The Balaban J connectivity index is -0.0000000267. The molecule has 0 aromatic rings. The van der Waals surface area contributed by atoms with Crippen LogP contribution in [0, 0.1) is 0 Å². The van der Waals surface area contributed by atoms with Crippen LogP contribution in [0.5, 0.6) is 0 Å². The van der Waals surface area contributed by atoms with Crippen molar-refractivity contribution in [3.05, 3.63) is 0 Å². The van der Waals surface area contributed by atoms with Crippen LogP contribution in [-0.2, 0) is 60.2 Å². The Bertz CT molecular complexity index is 93.6. The first-order valence-corrected chi connectivity index (χ1v) is 2.75. The summed E-state index contributed by atoms with van der Waals surface area (Å²) in [6.07, 6.45) is 0. The van der Waals surface area contributed by atoms with Crippen molar-refractivity contribution in [2.24, 2.45) is 0 Å². The minimum Gasteiger partial charge on any atom is 2.00 e. The van der Waals surface area contributed by atoms with Gasteiger partial charge in [-0.1, -0.05) is 0 Å². The molecule has 0 radical (unpaired) electrons. The van der Waals surface area contributed by atoms with Crippen LogP contribution >= 0.6 is 0 Å². The van der Waals surface area contributed by atoms with E-state index in [0.717, 1.165) is 0 Å². The van der Waals surface area contributed by atoms with Gasteiger partial charge < -0.3 is 5.48 Å². The van der Waals surface area contributed by atoms with Crippen molar-refractivity contribution in [2.75, 3.05) is 0 Å². The summed E-state index contributed by atoms with van der Waals surface area (Å²) in [6.45, 7) is 0. The first-order valence-electron chi connectivity index (χ1n) is 0.667. The maximum absolute atomic E-state index is 8.59. The molecule has 0 saturated heterocycles. The molecule has 0 spiro atoms. The molecule has 0 rings (SSSR count). The van der Waals surface area contributed by atoms with Crippen molar-refractivity contribution in [3.8, 4) is 0 Å². The fraction of sp³-hybridized carbons (Fsp3) is 0. The molecule has 0 atom stereocenters. The van der Waals surface area contributed by atoms with E-state index >= 15 is 0 Å². The third kappa shape index (κ3) is 179. The summed E-state index contributed by atoms with van der Waals surface area (Å²) in [6, 6.07) is 0. The van der Waals surface area contributed by atoms with Gasteiger partial charge in [0.15, 0.2) is 0 Å². The minimum atomic E-state index is -5.75. The van der Waals surface area contributed by atoms with Crippen LogP contribution in [-0.4, -0.2) is 5.48 Å².